The van der Waals surface area contributed by atoms with Crippen molar-refractivity contribution >= 4 is 5.69 Å². The summed E-state index contributed by atoms with van der Waals surface area (Å²) in [7, 11) is 0. The predicted octanol–water partition coefficient (Wildman–Crippen LogP) is 1.57. The van der Waals surface area contributed by atoms with Crippen molar-refractivity contribution < 1.29 is 0 Å². The van der Waals surface area contributed by atoms with Gasteiger partial charge in [-0.1, -0.05) is 12.1 Å². The van der Waals surface area contributed by atoms with Crippen LogP contribution in [0.15, 0.2) is 18.2 Å². The number of para-hydroxylation sites is 1. The first-order valence-corrected chi connectivity index (χ1v) is 6.98. The molecule has 2 rings (SSSR count). The van der Waals surface area contributed by atoms with Gasteiger partial charge in [0, 0.05) is 32.7 Å². The van der Waals surface area contributed by atoms with Crippen molar-refractivity contribution in [1.82, 2.24) is 10.2 Å². The second kappa shape index (κ2) is 7.13. The topological polar surface area (TPSA) is 51.1 Å². The van der Waals surface area contributed by atoms with Crippen LogP contribution in [-0.4, -0.2) is 44.2 Å². The number of rotatable bonds is 5. The van der Waals surface area contributed by atoms with Crippen molar-refractivity contribution in [2.75, 3.05) is 44.6 Å². The molecule has 0 aliphatic carbocycles. The van der Waals surface area contributed by atoms with Gasteiger partial charge in [-0.05, 0) is 31.5 Å². The molecule has 0 saturated carbocycles. The Labute approximate surface area is 115 Å². The summed E-state index contributed by atoms with van der Waals surface area (Å²) in [5.74, 6) is 0. The van der Waals surface area contributed by atoms with Gasteiger partial charge in [0.2, 0.25) is 0 Å². The van der Waals surface area contributed by atoms with Crippen LogP contribution in [0.2, 0.25) is 0 Å². The molecule has 1 aromatic rings. The third kappa shape index (κ3) is 3.95. The van der Waals surface area contributed by atoms with Crippen LogP contribution in [0.1, 0.15) is 17.5 Å². The number of benzene rings is 1. The monoisotopic (exact) mass is 258 g/mol. The fourth-order valence-electron chi connectivity index (χ4n) is 2.45. The number of nitrogens with one attached hydrogen (secondary N) is 2. The van der Waals surface area contributed by atoms with Crippen molar-refractivity contribution in [3.8, 4) is 6.07 Å². The zero-order chi connectivity index (χ0) is 13.5. The van der Waals surface area contributed by atoms with Gasteiger partial charge < -0.3 is 15.5 Å². The molecule has 0 amide bonds. The maximum Gasteiger partial charge on any atom is 0.101 e. The first kappa shape index (κ1) is 13.9. The van der Waals surface area contributed by atoms with Crippen molar-refractivity contribution in [1.29, 1.82) is 5.26 Å². The number of hydrogen-bond donors (Lipinski definition) is 2. The Kier molecular flexibility index (Phi) is 5.20. The molecule has 4 heteroatoms. The Morgan fingerprint density at radius 3 is 2.89 bits per heavy atom. The molecule has 1 heterocycles. The van der Waals surface area contributed by atoms with Crippen LogP contribution in [0.3, 0.4) is 0 Å². The molecule has 4 nitrogen and oxygen atoms in total. The van der Waals surface area contributed by atoms with Crippen LogP contribution < -0.4 is 10.6 Å². The summed E-state index contributed by atoms with van der Waals surface area (Å²) in [6.07, 6.45) is 1.11. The summed E-state index contributed by atoms with van der Waals surface area (Å²) >= 11 is 0. The Balaban J connectivity index is 1.78. The third-order valence-corrected chi connectivity index (χ3v) is 3.56. The number of piperazine rings is 1. The van der Waals surface area contributed by atoms with E-state index in [0.717, 1.165) is 62.5 Å². The maximum absolute atomic E-state index is 9.10. The lowest BCUT2D eigenvalue weighted by Crippen LogP contribution is -2.44. The fraction of sp³-hybridized carbons (Fsp3) is 0.533. The molecule has 0 bridgehead atoms. The van der Waals surface area contributed by atoms with E-state index in [9.17, 15) is 0 Å². The van der Waals surface area contributed by atoms with Crippen molar-refractivity contribution in [2.45, 2.75) is 13.3 Å². The summed E-state index contributed by atoms with van der Waals surface area (Å²) < 4.78 is 0. The molecule has 1 saturated heterocycles. The van der Waals surface area contributed by atoms with Gasteiger partial charge >= 0.3 is 0 Å². The van der Waals surface area contributed by atoms with E-state index >= 15 is 0 Å². The summed E-state index contributed by atoms with van der Waals surface area (Å²) in [6.45, 7) is 8.58. The Hall–Kier alpha value is -1.57. The van der Waals surface area contributed by atoms with Gasteiger partial charge in [0.15, 0.2) is 0 Å². The van der Waals surface area contributed by atoms with Crippen LogP contribution in [0.25, 0.3) is 0 Å². The Morgan fingerprint density at radius 2 is 2.16 bits per heavy atom. The van der Waals surface area contributed by atoms with E-state index in [2.05, 4.69) is 21.6 Å². The van der Waals surface area contributed by atoms with Gasteiger partial charge in [0.05, 0.1) is 11.3 Å². The summed E-state index contributed by atoms with van der Waals surface area (Å²) in [6, 6.07) is 8.08. The lowest BCUT2D eigenvalue weighted by Gasteiger charge is -2.27. The lowest BCUT2D eigenvalue weighted by atomic mass is 10.1. The highest BCUT2D eigenvalue weighted by Gasteiger charge is 2.09. The molecule has 1 fully saturated rings. The van der Waals surface area contributed by atoms with Gasteiger partial charge in [-0.2, -0.15) is 5.26 Å². The molecule has 1 aromatic carbocycles. The van der Waals surface area contributed by atoms with E-state index in [0.29, 0.717) is 0 Å². The van der Waals surface area contributed by atoms with E-state index in [1.54, 1.807) is 0 Å². The minimum atomic E-state index is 0.738. The minimum absolute atomic E-state index is 0.738. The van der Waals surface area contributed by atoms with Gasteiger partial charge in [-0.25, -0.2) is 0 Å². The van der Waals surface area contributed by atoms with E-state index in [1.807, 2.05) is 25.1 Å². The summed E-state index contributed by atoms with van der Waals surface area (Å²) in [5.41, 5.74) is 2.87. The van der Waals surface area contributed by atoms with Crippen molar-refractivity contribution in [3.05, 3.63) is 29.3 Å². The normalized spacial score (nSPS) is 16.0. The summed E-state index contributed by atoms with van der Waals surface area (Å²) in [4.78, 5) is 2.49. The van der Waals surface area contributed by atoms with Crippen LogP contribution in [0.4, 0.5) is 5.69 Å². The van der Waals surface area contributed by atoms with Gasteiger partial charge in [-0.15, -0.1) is 0 Å². The van der Waals surface area contributed by atoms with E-state index in [-0.39, 0.29) is 0 Å². The van der Waals surface area contributed by atoms with E-state index in [1.165, 1.54) is 0 Å². The predicted molar refractivity (Wildman–Crippen MR) is 78.3 cm³/mol. The zero-order valence-corrected chi connectivity index (χ0v) is 11.6. The Morgan fingerprint density at radius 1 is 1.37 bits per heavy atom. The number of nitriles is 1. The molecule has 0 unspecified atom stereocenters. The van der Waals surface area contributed by atoms with Gasteiger partial charge in [-0.3, -0.25) is 0 Å². The molecule has 1 aliphatic rings. The zero-order valence-electron chi connectivity index (χ0n) is 11.6. The van der Waals surface area contributed by atoms with E-state index in [4.69, 9.17) is 5.26 Å². The average Bonchev–Trinajstić information content (AvgIpc) is 2.46. The molecule has 2 N–H and O–H groups in total. The largest absolute Gasteiger partial charge is 0.384 e. The van der Waals surface area contributed by atoms with Crippen molar-refractivity contribution in [3.63, 3.8) is 0 Å². The van der Waals surface area contributed by atoms with E-state index < -0.39 is 0 Å². The lowest BCUT2D eigenvalue weighted by molar-refractivity contribution is 0.240. The molecule has 0 spiro atoms. The quantitative estimate of drug-likeness (QED) is 0.787. The number of hydrogen-bond acceptors (Lipinski definition) is 4. The fourth-order valence-corrected chi connectivity index (χ4v) is 2.45. The first-order chi connectivity index (χ1) is 9.31. The number of nitrogens with zero attached hydrogens (tertiary/aromatic N) is 2. The number of aryl methyl sites for hydroxylation is 1. The molecule has 0 aromatic heterocycles. The van der Waals surface area contributed by atoms with Gasteiger partial charge in [0.1, 0.15) is 6.07 Å². The smallest absolute Gasteiger partial charge is 0.101 e. The van der Waals surface area contributed by atoms with Crippen LogP contribution in [-0.2, 0) is 0 Å². The second-order valence-corrected chi connectivity index (χ2v) is 4.98. The van der Waals surface area contributed by atoms with Crippen LogP contribution in [0, 0.1) is 18.3 Å². The first-order valence-electron chi connectivity index (χ1n) is 6.98. The van der Waals surface area contributed by atoms with Crippen LogP contribution >= 0.6 is 0 Å². The standard InChI is InChI=1S/C15H22N4/c1-13-4-2-5-14(12-16)15(13)18-6-3-9-19-10-7-17-8-11-19/h2,4-5,17-18H,3,6-11H2,1H3. The molecule has 102 valence electrons. The molecule has 0 radical (unpaired) electrons. The second-order valence-electron chi connectivity index (χ2n) is 4.98. The molecule has 19 heavy (non-hydrogen) atoms. The minimum Gasteiger partial charge on any atom is -0.384 e. The molecule has 0 atom stereocenters. The highest BCUT2D eigenvalue weighted by Crippen LogP contribution is 2.19. The highest BCUT2D eigenvalue weighted by atomic mass is 15.2. The van der Waals surface area contributed by atoms with Gasteiger partial charge in [0.25, 0.3) is 0 Å². The molecule has 1 aliphatic heterocycles. The van der Waals surface area contributed by atoms with Crippen LogP contribution in [0.5, 0.6) is 0 Å². The number of anilines is 1. The highest BCUT2D eigenvalue weighted by molar-refractivity contribution is 5.62. The summed E-state index contributed by atoms with van der Waals surface area (Å²) in [5, 5.41) is 15.9. The van der Waals surface area contributed by atoms with Crippen molar-refractivity contribution in [2.24, 2.45) is 0 Å². The maximum atomic E-state index is 9.10. The average molecular weight is 258 g/mol. The molecular formula is C15H22N4. The Bertz CT molecular complexity index is 444. The third-order valence-electron chi connectivity index (χ3n) is 3.56. The SMILES string of the molecule is Cc1cccc(C#N)c1NCCCN1CCNCC1. The molecular weight excluding hydrogens is 236 g/mol.